The average molecular weight is 521 g/mol. The maximum absolute atomic E-state index is 13.2. The molecule has 0 aliphatic carbocycles. The molecular formula is C20H11ClF6N4O2S. The molecular weight excluding hydrogens is 510 g/mol. The van der Waals surface area contributed by atoms with E-state index in [1.807, 2.05) is 0 Å². The highest BCUT2D eigenvalue weighted by Gasteiger charge is 2.36. The van der Waals surface area contributed by atoms with Gasteiger partial charge in [-0.25, -0.2) is 4.98 Å². The molecule has 0 unspecified atom stereocenters. The predicted octanol–water partition coefficient (Wildman–Crippen LogP) is 6.19. The van der Waals surface area contributed by atoms with Gasteiger partial charge in [-0.05, 0) is 30.3 Å². The van der Waals surface area contributed by atoms with Gasteiger partial charge in [0.15, 0.2) is 17.4 Å². The SMILES string of the molecule is O=C(COc1cc(C(F)(F)F)nn1-c1ccccc1Cl)Nc1nc2ccc(C(F)(F)F)cc2s1. The van der Waals surface area contributed by atoms with Crippen LogP contribution in [0.3, 0.4) is 0 Å². The van der Waals surface area contributed by atoms with E-state index in [1.54, 1.807) is 6.07 Å². The highest BCUT2D eigenvalue weighted by molar-refractivity contribution is 7.22. The summed E-state index contributed by atoms with van der Waals surface area (Å²) in [6.07, 6.45) is -9.31. The monoisotopic (exact) mass is 520 g/mol. The topological polar surface area (TPSA) is 69.0 Å². The van der Waals surface area contributed by atoms with Crippen molar-refractivity contribution < 1.29 is 35.9 Å². The van der Waals surface area contributed by atoms with E-state index >= 15 is 0 Å². The Balaban J connectivity index is 1.52. The highest BCUT2D eigenvalue weighted by Crippen LogP contribution is 2.35. The first-order chi connectivity index (χ1) is 15.9. The first-order valence-electron chi connectivity index (χ1n) is 9.24. The molecule has 2 aromatic carbocycles. The zero-order chi connectivity index (χ0) is 24.7. The number of halogens is 7. The van der Waals surface area contributed by atoms with E-state index in [4.69, 9.17) is 16.3 Å². The number of para-hydroxylation sites is 1. The second-order valence-electron chi connectivity index (χ2n) is 6.76. The second-order valence-corrected chi connectivity index (χ2v) is 8.20. The third kappa shape index (κ3) is 5.09. The van der Waals surface area contributed by atoms with E-state index < -0.39 is 42.0 Å². The number of anilines is 1. The van der Waals surface area contributed by atoms with Crippen LogP contribution in [0.5, 0.6) is 5.88 Å². The Labute approximate surface area is 195 Å². The van der Waals surface area contributed by atoms with Gasteiger partial charge >= 0.3 is 12.4 Å². The molecule has 0 aliphatic rings. The summed E-state index contributed by atoms with van der Waals surface area (Å²) in [5.74, 6) is -1.19. The fourth-order valence-corrected chi connectivity index (χ4v) is 3.99. The summed E-state index contributed by atoms with van der Waals surface area (Å²) in [4.78, 5) is 16.3. The minimum Gasteiger partial charge on any atom is -0.467 e. The van der Waals surface area contributed by atoms with Crippen molar-refractivity contribution in [3.63, 3.8) is 0 Å². The lowest BCUT2D eigenvalue weighted by Crippen LogP contribution is -2.21. The van der Waals surface area contributed by atoms with Gasteiger partial charge in [0.05, 0.1) is 26.5 Å². The third-order valence-corrected chi connectivity index (χ3v) is 5.61. The number of alkyl halides is 6. The van der Waals surface area contributed by atoms with Crippen molar-refractivity contribution in [2.45, 2.75) is 12.4 Å². The standard InChI is InChI=1S/C20H11ClF6N4O2S/c21-11-3-1-2-4-13(11)31-17(8-15(30-31)20(25,26)27)33-9-16(32)29-18-28-12-6-5-10(19(22,23)24)7-14(12)34-18/h1-8H,9H2,(H,28,29,32). The number of fused-ring (bicyclic) bond motifs is 1. The summed E-state index contributed by atoms with van der Waals surface area (Å²) in [7, 11) is 0. The number of carbonyl (C=O) groups excluding carboxylic acids is 1. The number of aromatic nitrogens is 3. The number of rotatable bonds is 5. The van der Waals surface area contributed by atoms with Gasteiger partial charge in [-0.15, -0.1) is 0 Å². The van der Waals surface area contributed by atoms with Gasteiger partial charge in [-0.2, -0.15) is 36.1 Å². The van der Waals surface area contributed by atoms with Crippen molar-refractivity contribution in [1.82, 2.24) is 14.8 Å². The fraction of sp³-hybridized carbons (Fsp3) is 0.150. The van der Waals surface area contributed by atoms with E-state index in [0.29, 0.717) is 6.07 Å². The zero-order valence-corrected chi connectivity index (χ0v) is 18.1. The lowest BCUT2D eigenvalue weighted by molar-refractivity contribution is -0.141. The Morgan fingerprint density at radius 1 is 1.06 bits per heavy atom. The summed E-state index contributed by atoms with van der Waals surface area (Å²) < 4.78 is 84.3. The van der Waals surface area contributed by atoms with Gasteiger partial charge < -0.3 is 4.74 Å². The van der Waals surface area contributed by atoms with Crippen molar-refractivity contribution in [3.8, 4) is 11.6 Å². The first kappa shape index (κ1) is 23.8. The molecule has 1 amide bonds. The van der Waals surface area contributed by atoms with Crippen molar-refractivity contribution in [2.24, 2.45) is 0 Å². The van der Waals surface area contributed by atoms with Crippen LogP contribution in [0, 0.1) is 0 Å². The summed E-state index contributed by atoms with van der Waals surface area (Å²) in [5, 5.41) is 5.93. The first-order valence-corrected chi connectivity index (χ1v) is 10.4. The molecule has 0 aliphatic heterocycles. The summed E-state index contributed by atoms with van der Waals surface area (Å²) in [6, 6.07) is 9.52. The van der Waals surface area contributed by atoms with Crippen LogP contribution in [0.25, 0.3) is 15.9 Å². The van der Waals surface area contributed by atoms with Crippen molar-refractivity contribution >= 4 is 44.2 Å². The lowest BCUT2D eigenvalue weighted by atomic mass is 10.2. The summed E-state index contributed by atoms with van der Waals surface area (Å²) in [5.41, 5.74) is -1.78. The van der Waals surface area contributed by atoms with Gasteiger partial charge in [-0.3, -0.25) is 10.1 Å². The van der Waals surface area contributed by atoms with Crippen LogP contribution < -0.4 is 10.1 Å². The molecule has 0 spiro atoms. The van der Waals surface area contributed by atoms with Crippen LogP contribution in [-0.4, -0.2) is 27.3 Å². The molecule has 14 heteroatoms. The molecule has 4 aromatic rings. The zero-order valence-electron chi connectivity index (χ0n) is 16.5. The molecule has 0 fully saturated rings. The van der Waals surface area contributed by atoms with Gasteiger partial charge in [0.2, 0.25) is 5.88 Å². The molecule has 0 saturated carbocycles. The number of thiazole rings is 1. The number of nitrogens with one attached hydrogen (secondary N) is 1. The minimum atomic E-state index is -4.77. The number of amides is 1. The maximum Gasteiger partial charge on any atom is 0.435 e. The molecule has 34 heavy (non-hydrogen) atoms. The van der Waals surface area contributed by atoms with Crippen LogP contribution in [0.15, 0.2) is 48.5 Å². The van der Waals surface area contributed by atoms with Crippen LogP contribution >= 0.6 is 22.9 Å². The Hall–Kier alpha value is -3.32. The predicted molar refractivity (Wildman–Crippen MR) is 112 cm³/mol. The molecule has 4 rings (SSSR count). The normalized spacial score (nSPS) is 12.2. The van der Waals surface area contributed by atoms with Crippen molar-refractivity contribution in [2.75, 3.05) is 11.9 Å². The Bertz CT molecular complexity index is 1370. The number of nitrogens with zero attached hydrogens (tertiary/aromatic N) is 3. The molecule has 0 bridgehead atoms. The highest BCUT2D eigenvalue weighted by atomic mass is 35.5. The fourth-order valence-electron chi connectivity index (χ4n) is 2.85. The van der Waals surface area contributed by atoms with E-state index in [1.165, 1.54) is 24.3 Å². The van der Waals surface area contributed by atoms with Gasteiger partial charge in [-0.1, -0.05) is 35.1 Å². The van der Waals surface area contributed by atoms with Crippen molar-refractivity contribution in [1.29, 1.82) is 0 Å². The molecule has 2 heterocycles. The summed E-state index contributed by atoms with van der Waals surface area (Å²) >= 11 is 6.85. The average Bonchev–Trinajstić information content (AvgIpc) is 3.35. The Morgan fingerprint density at radius 3 is 2.47 bits per heavy atom. The van der Waals surface area contributed by atoms with E-state index in [9.17, 15) is 31.1 Å². The number of benzene rings is 2. The summed E-state index contributed by atoms with van der Waals surface area (Å²) in [6.45, 7) is -0.725. The smallest absolute Gasteiger partial charge is 0.435 e. The Kier molecular flexibility index (Phi) is 6.16. The van der Waals surface area contributed by atoms with Crippen LogP contribution in [0.2, 0.25) is 5.02 Å². The van der Waals surface area contributed by atoms with Crippen LogP contribution in [0.1, 0.15) is 11.3 Å². The van der Waals surface area contributed by atoms with E-state index in [0.717, 1.165) is 28.2 Å². The molecule has 178 valence electrons. The molecule has 0 radical (unpaired) electrons. The largest absolute Gasteiger partial charge is 0.467 e. The number of hydrogen-bond acceptors (Lipinski definition) is 5. The molecule has 0 saturated heterocycles. The van der Waals surface area contributed by atoms with Gasteiger partial charge in [0.1, 0.15) is 0 Å². The maximum atomic E-state index is 13.2. The van der Waals surface area contributed by atoms with Crippen LogP contribution in [-0.2, 0) is 17.1 Å². The molecule has 2 aromatic heterocycles. The molecule has 6 nitrogen and oxygen atoms in total. The van der Waals surface area contributed by atoms with E-state index in [-0.39, 0.29) is 26.1 Å². The second kappa shape index (κ2) is 8.80. The van der Waals surface area contributed by atoms with E-state index in [2.05, 4.69) is 15.4 Å². The third-order valence-electron chi connectivity index (χ3n) is 4.36. The van der Waals surface area contributed by atoms with Crippen molar-refractivity contribution in [3.05, 3.63) is 64.8 Å². The van der Waals surface area contributed by atoms with Gasteiger partial charge in [0.25, 0.3) is 5.91 Å². The quantitative estimate of drug-likeness (QED) is 0.319. The number of carbonyl (C=O) groups is 1. The van der Waals surface area contributed by atoms with Gasteiger partial charge in [0, 0.05) is 6.07 Å². The number of hydrogen-bond donors (Lipinski definition) is 1. The molecule has 1 N–H and O–H groups in total. The Morgan fingerprint density at radius 2 is 1.79 bits per heavy atom. The minimum absolute atomic E-state index is 0.00137. The van der Waals surface area contributed by atoms with Crippen LogP contribution in [0.4, 0.5) is 31.5 Å². The number of ether oxygens (including phenoxy) is 1. The lowest BCUT2D eigenvalue weighted by Gasteiger charge is -2.10. The molecule has 0 atom stereocenters.